The van der Waals surface area contributed by atoms with E-state index in [0.717, 1.165) is 16.6 Å². The quantitative estimate of drug-likeness (QED) is 0.934. The van der Waals surface area contributed by atoms with Gasteiger partial charge in [0.25, 0.3) is 0 Å². The number of aromatic nitrogens is 1. The van der Waals surface area contributed by atoms with Crippen LogP contribution < -0.4 is 5.32 Å². The van der Waals surface area contributed by atoms with Crippen LogP contribution in [0.3, 0.4) is 0 Å². The Labute approximate surface area is 110 Å². The number of hydrogen-bond acceptors (Lipinski definition) is 2. The summed E-state index contributed by atoms with van der Waals surface area (Å²) in [4.78, 5) is 4.40. The van der Waals surface area contributed by atoms with E-state index in [4.69, 9.17) is 0 Å². The zero-order valence-corrected chi connectivity index (χ0v) is 11.3. The minimum atomic E-state index is 0.245. The first-order valence-corrected chi connectivity index (χ1v) is 6.42. The van der Waals surface area contributed by atoms with Gasteiger partial charge in [0.05, 0.1) is 11.7 Å². The zero-order chi connectivity index (χ0) is 12.1. The van der Waals surface area contributed by atoms with Crippen LogP contribution >= 0.6 is 15.9 Å². The fraction of sp³-hybridized carbons (Fsp3) is 0.214. The van der Waals surface area contributed by atoms with Crippen LogP contribution in [0.4, 0.5) is 0 Å². The molecule has 0 aliphatic heterocycles. The van der Waals surface area contributed by atoms with E-state index in [0.29, 0.717) is 0 Å². The van der Waals surface area contributed by atoms with Crippen LogP contribution in [0.25, 0.3) is 0 Å². The highest BCUT2D eigenvalue weighted by Gasteiger charge is 2.12. The molecule has 3 heteroatoms. The number of benzene rings is 1. The molecule has 1 N–H and O–H groups in total. The van der Waals surface area contributed by atoms with E-state index in [1.165, 1.54) is 5.56 Å². The van der Waals surface area contributed by atoms with Crippen molar-refractivity contribution in [1.29, 1.82) is 0 Å². The molecule has 0 saturated carbocycles. The summed E-state index contributed by atoms with van der Waals surface area (Å²) in [5.74, 6) is 0. The molecule has 1 atom stereocenters. The molecule has 1 aromatic carbocycles. The first kappa shape index (κ1) is 12.3. The lowest BCUT2D eigenvalue weighted by atomic mass is 10.0. The van der Waals surface area contributed by atoms with Crippen LogP contribution in [0.1, 0.15) is 17.3 Å². The minimum Gasteiger partial charge on any atom is -0.311 e. The molecule has 0 fully saturated rings. The standard InChI is InChI=1S/C14H15BrN2/c1-16-14(13-8-4-5-9-17-13)10-11-6-2-3-7-12(11)15/h2-9,14,16H,10H2,1H3. The first-order chi connectivity index (χ1) is 8.31. The second kappa shape index (κ2) is 5.94. The second-order valence-corrected chi connectivity index (χ2v) is 4.75. The third kappa shape index (κ3) is 3.14. The van der Waals surface area contributed by atoms with Crippen LogP contribution in [0.2, 0.25) is 0 Å². The van der Waals surface area contributed by atoms with Gasteiger partial charge < -0.3 is 5.32 Å². The summed E-state index contributed by atoms with van der Waals surface area (Å²) in [6, 6.07) is 14.6. The molecule has 1 unspecified atom stereocenters. The molecule has 0 aliphatic rings. The summed E-state index contributed by atoms with van der Waals surface area (Å²) in [5.41, 5.74) is 2.36. The topological polar surface area (TPSA) is 24.9 Å². The lowest BCUT2D eigenvalue weighted by Gasteiger charge is -2.16. The van der Waals surface area contributed by atoms with E-state index in [9.17, 15) is 0 Å². The molecule has 17 heavy (non-hydrogen) atoms. The SMILES string of the molecule is CNC(Cc1ccccc1Br)c1ccccn1. The van der Waals surface area contributed by atoms with E-state index >= 15 is 0 Å². The highest BCUT2D eigenvalue weighted by Crippen LogP contribution is 2.22. The fourth-order valence-corrected chi connectivity index (χ4v) is 2.27. The summed E-state index contributed by atoms with van der Waals surface area (Å²) in [7, 11) is 1.97. The summed E-state index contributed by atoms with van der Waals surface area (Å²) >= 11 is 3.58. The Bertz CT molecular complexity index is 471. The number of likely N-dealkylation sites (N-methyl/N-ethyl adjacent to an activating group) is 1. The van der Waals surface area contributed by atoms with Gasteiger partial charge in [-0.15, -0.1) is 0 Å². The smallest absolute Gasteiger partial charge is 0.0576 e. The Balaban J connectivity index is 2.19. The summed E-state index contributed by atoms with van der Waals surface area (Å²) in [6.45, 7) is 0. The minimum absolute atomic E-state index is 0.245. The number of rotatable bonds is 4. The Kier molecular flexibility index (Phi) is 4.29. The summed E-state index contributed by atoms with van der Waals surface area (Å²) in [6.07, 6.45) is 2.76. The molecule has 0 radical (unpaired) electrons. The van der Waals surface area contributed by atoms with Crippen molar-refractivity contribution in [3.8, 4) is 0 Å². The monoisotopic (exact) mass is 290 g/mol. The molecule has 0 spiro atoms. The van der Waals surface area contributed by atoms with E-state index in [-0.39, 0.29) is 6.04 Å². The number of hydrogen-bond donors (Lipinski definition) is 1. The molecular weight excluding hydrogens is 276 g/mol. The Morgan fingerprint density at radius 3 is 2.59 bits per heavy atom. The van der Waals surface area contributed by atoms with Crippen molar-refractivity contribution in [2.75, 3.05) is 7.05 Å². The number of halogens is 1. The Morgan fingerprint density at radius 2 is 1.94 bits per heavy atom. The molecule has 1 aromatic heterocycles. The summed E-state index contributed by atoms with van der Waals surface area (Å²) < 4.78 is 1.15. The zero-order valence-electron chi connectivity index (χ0n) is 9.73. The van der Waals surface area contributed by atoms with E-state index in [1.54, 1.807) is 0 Å². The lowest BCUT2D eigenvalue weighted by molar-refractivity contribution is 0.575. The van der Waals surface area contributed by atoms with Crippen molar-refractivity contribution in [2.24, 2.45) is 0 Å². The van der Waals surface area contributed by atoms with Crippen LogP contribution in [0, 0.1) is 0 Å². The van der Waals surface area contributed by atoms with Gasteiger partial charge in [-0.1, -0.05) is 40.2 Å². The lowest BCUT2D eigenvalue weighted by Crippen LogP contribution is -2.20. The molecule has 2 nitrogen and oxygen atoms in total. The molecular formula is C14H15BrN2. The van der Waals surface area contributed by atoms with Crippen LogP contribution in [-0.2, 0) is 6.42 Å². The van der Waals surface area contributed by atoms with Gasteiger partial charge >= 0.3 is 0 Å². The highest BCUT2D eigenvalue weighted by molar-refractivity contribution is 9.10. The van der Waals surface area contributed by atoms with Gasteiger partial charge in [-0.2, -0.15) is 0 Å². The maximum Gasteiger partial charge on any atom is 0.0576 e. The van der Waals surface area contributed by atoms with Crippen molar-refractivity contribution in [1.82, 2.24) is 10.3 Å². The van der Waals surface area contributed by atoms with Crippen LogP contribution in [0.15, 0.2) is 53.1 Å². The van der Waals surface area contributed by atoms with Gasteiger partial charge in [0.2, 0.25) is 0 Å². The number of nitrogens with one attached hydrogen (secondary N) is 1. The van der Waals surface area contributed by atoms with Crippen molar-refractivity contribution in [3.63, 3.8) is 0 Å². The molecule has 2 aromatic rings. The molecule has 0 bridgehead atoms. The second-order valence-electron chi connectivity index (χ2n) is 3.89. The third-order valence-electron chi connectivity index (χ3n) is 2.78. The molecule has 2 rings (SSSR count). The Morgan fingerprint density at radius 1 is 1.18 bits per heavy atom. The molecule has 1 heterocycles. The van der Waals surface area contributed by atoms with Crippen molar-refractivity contribution in [2.45, 2.75) is 12.5 Å². The van der Waals surface area contributed by atoms with Gasteiger partial charge in [0.1, 0.15) is 0 Å². The number of pyridine rings is 1. The molecule has 0 saturated heterocycles. The fourth-order valence-electron chi connectivity index (χ4n) is 1.82. The van der Waals surface area contributed by atoms with E-state index < -0.39 is 0 Å². The maximum atomic E-state index is 4.40. The van der Waals surface area contributed by atoms with Crippen molar-refractivity contribution >= 4 is 15.9 Å². The maximum absolute atomic E-state index is 4.40. The summed E-state index contributed by atoms with van der Waals surface area (Å²) in [5, 5.41) is 3.31. The normalized spacial score (nSPS) is 12.4. The van der Waals surface area contributed by atoms with Gasteiger partial charge in [-0.3, -0.25) is 4.98 Å². The average Bonchev–Trinajstić information content (AvgIpc) is 2.39. The molecule has 0 aliphatic carbocycles. The van der Waals surface area contributed by atoms with Crippen molar-refractivity contribution in [3.05, 3.63) is 64.4 Å². The van der Waals surface area contributed by atoms with Crippen LogP contribution in [0.5, 0.6) is 0 Å². The predicted molar refractivity (Wildman–Crippen MR) is 73.9 cm³/mol. The van der Waals surface area contributed by atoms with E-state index in [2.05, 4.69) is 50.5 Å². The van der Waals surface area contributed by atoms with Crippen LogP contribution in [-0.4, -0.2) is 12.0 Å². The average molecular weight is 291 g/mol. The van der Waals surface area contributed by atoms with Crippen molar-refractivity contribution < 1.29 is 0 Å². The highest BCUT2D eigenvalue weighted by atomic mass is 79.9. The Hall–Kier alpha value is -1.19. The predicted octanol–water partition coefficient (Wildman–Crippen LogP) is 3.35. The van der Waals surface area contributed by atoms with Gasteiger partial charge in [0, 0.05) is 10.7 Å². The van der Waals surface area contributed by atoms with Gasteiger partial charge in [-0.05, 0) is 37.2 Å². The molecule has 0 amide bonds. The molecule has 88 valence electrons. The third-order valence-corrected chi connectivity index (χ3v) is 3.55. The van der Waals surface area contributed by atoms with E-state index in [1.807, 2.05) is 31.4 Å². The van der Waals surface area contributed by atoms with Gasteiger partial charge in [-0.25, -0.2) is 0 Å². The first-order valence-electron chi connectivity index (χ1n) is 5.63. The van der Waals surface area contributed by atoms with Gasteiger partial charge in [0.15, 0.2) is 0 Å². The number of nitrogens with zero attached hydrogens (tertiary/aromatic N) is 1. The largest absolute Gasteiger partial charge is 0.311 e.